The van der Waals surface area contributed by atoms with Crippen LogP contribution in [0.4, 0.5) is 4.39 Å². The van der Waals surface area contributed by atoms with Crippen LogP contribution in [0.5, 0.6) is 0 Å². The zero-order chi connectivity index (χ0) is 19.7. The Hall–Kier alpha value is -1.85. The molecule has 2 fully saturated rings. The van der Waals surface area contributed by atoms with Gasteiger partial charge in [0.1, 0.15) is 16.8 Å². The molecule has 3 heterocycles. The Labute approximate surface area is 167 Å². The number of benzene rings is 1. The summed E-state index contributed by atoms with van der Waals surface area (Å²) in [6.45, 7) is 0.872. The largest absolute Gasteiger partial charge is 0.339 e. The maximum Gasteiger partial charge on any atom is 0.246 e. The lowest BCUT2D eigenvalue weighted by atomic mass is 10.1. The van der Waals surface area contributed by atoms with Gasteiger partial charge in [-0.15, -0.1) is 11.3 Å². The third-order valence-electron chi connectivity index (χ3n) is 5.09. The second-order valence-corrected chi connectivity index (χ2v) is 9.69. The number of rotatable bonds is 4. The summed E-state index contributed by atoms with van der Waals surface area (Å²) in [5.41, 5.74) is 6.21. The van der Waals surface area contributed by atoms with E-state index in [1.807, 2.05) is 17.5 Å². The average Bonchev–Trinajstić information content (AvgIpc) is 3.39. The van der Waals surface area contributed by atoms with Crippen LogP contribution in [-0.2, 0) is 14.8 Å². The van der Waals surface area contributed by atoms with Gasteiger partial charge in [-0.25, -0.2) is 23.7 Å². The summed E-state index contributed by atoms with van der Waals surface area (Å²) in [6, 6.07) is 9.11. The van der Waals surface area contributed by atoms with Gasteiger partial charge in [0, 0.05) is 31.1 Å². The average molecular weight is 425 g/mol. The first-order chi connectivity index (χ1) is 13.5. The number of thiophene rings is 1. The molecule has 1 aromatic carbocycles. The normalized spacial score (nSPS) is 23.8. The van der Waals surface area contributed by atoms with Crippen molar-refractivity contribution in [1.82, 2.24) is 20.1 Å². The highest BCUT2D eigenvalue weighted by atomic mass is 32.2. The van der Waals surface area contributed by atoms with Gasteiger partial charge in [-0.05, 0) is 30.0 Å². The molecular weight excluding hydrogens is 403 g/mol. The predicted octanol–water partition coefficient (Wildman–Crippen LogP) is 1.33. The van der Waals surface area contributed by atoms with E-state index in [2.05, 4.69) is 10.9 Å². The summed E-state index contributed by atoms with van der Waals surface area (Å²) in [7, 11) is -3.91. The fourth-order valence-corrected chi connectivity index (χ4v) is 5.83. The summed E-state index contributed by atoms with van der Waals surface area (Å²) in [4.78, 5) is 15.3. The van der Waals surface area contributed by atoms with Crippen LogP contribution in [0, 0.1) is 5.82 Å². The van der Waals surface area contributed by atoms with Crippen LogP contribution in [0.3, 0.4) is 0 Å². The summed E-state index contributed by atoms with van der Waals surface area (Å²) in [5, 5.41) is 2.00. The molecular formula is C18H21FN4O3S2. The van der Waals surface area contributed by atoms with Gasteiger partial charge >= 0.3 is 0 Å². The van der Waals surface area contributed by atoms with Crippen molar-refractivity contribution < 1.29 is 17.6 Å². The summed E-state index contributed by atoms with van der Waals surface area (Å²) < 4.78 is 40.5. The maximum atomic E-state index is 13.9. The van der Waals surface area contributed by atoms with Gasteiger partial charge < -0.3 is 4.90 Å². The SMILES string of the molecule is O=C(C1CC(c2cccs2)NN1)N1CCN(S(=O)(=O)c2ccccc2F)CC1. The fraction of sp³-hybridized carbons (Fsp3) is 0.389. The lowest BCUT2D eigenvalue weighted by molar-refractivity contribution is -0.134. The number of piperazine rings is 1. The molecule has 7 nitrogen and oxygen atoms in total. The van der Waals surface area contributed by atoms with Crippen LogP contribution in [0.1, 0.15) is 17.3 Å². The highest BCUT2D eigenvalue weighted by Crippen LogP contribution is 2.27. The monoisotopic (exact) mass is 424 g/mol. The number of nitrogens with zero attached hydrogens (tertiary/aromatic N) is 2. The third kappa shape index (κ3) is 3.70. The molecule has 1 aromatic heterocycles. The van der Waals surface area contributed by atoms with E-state index in [1.54, 1.807) is 16.2 Å². The molecule has 2 aliphatic rings. The van der Waals surface area contributed by atoms with Crippen molar-refractivity contribution in [3.63, 3.8) is 0 Å². The molecule has 0 spiro atoms. The number of carbonyl (C=O) groups is 1. The number of hydrazine groups is 1. The molecule has 2 unspecified atom stereocenters. The molecule has 0 bridgehead atoms. The first-order valence-corrected chi connectivity index (χ1v) is 11.4. The molecule has 0 saturated carbocycles. The van der Waals surface area contributed by atoms with Crippen LogP contribution < -0.4 is 10.9 Å². The molecule has 1 amide bonds. The standard InChI is InChI=1S/C18H21FN4O3S2/c19-13-4-1-2-6-17(13)28(25,26)23-9-7-22(8-10-23)18(24)15-12-14(20-21-15)16-5-3-11-27-16/h1-6,11,14-15,20-21H,7-10,12H2. The number of sulfonamides is 1. The van der Waals surface area contributed by atoms with Gasteiger partial charge in [0.05, 0.1) is 6.04 Å². The van der Waals surface area contributed by atoms with Crippen LogP contribution >= 0.6 is 11.3 Å². The summed E-state index contributed by atoms with van der Waals surface area (Å²) in [6.07, 6.45) is 0.646. The molecule has 2 atom stereocenters. The third-order valence-corrected chi connectivity index (χ3v) is 8.01. The Morgan fingerprint density at radius 1 is 1.07 bits per heavy atom. The minimum Gasteiger partial charge on any atom is -0.339 e. The van der Waals surface area contributed by atoms with E-state index in [-0.39, 0.29) is 49.1 Å². The first kappa shape index (κ1) is 19.5. The van der Waals surface area contributed by atoms with E-state index in [9.17, 15) is 17.6 Å². The van der Waals surface area contributed by atoms with Crippen LogP contribution in [0.15, 0.2) is 46.7 Å². The van der Waals surface area contributed by atoms with Gasteiger partial charge in [0.2, 0.25) is 15.9 Å². The molecule has 0 radical (unpaired) electrons. The molecule has 2 N–H and O–H groups in total. The van der Waals surface area contributed by atoms with Gasteiger partial charge in [-0.2, -0.15) is 4.31 Å². The van der Waals surface area contributed by atoms with Crippen LogP contribution in [-0.4, -0.2) is 55.8 Å². The Kier molecular flexibility index (Phi) is 5.48. The Morgan fingerprint density at radius 3 is 2.50 bits per heavy atom. The second kappa shape index (κ2) is 7.88. The number of carbonyl (C=O) groups excluding carboxylic acids is 1. The second-order valence-electron chi connectivity index (χ2n) is 6.80. The lowest BCUT2D eigenvalue weighted by Gasteiger charge is -2.35. The van der Waals surface area contributed by atoms with Crippen molar-refractivity contribution in [2.75, 3.05) is 26.2 Å². The van der Waals surface area contributed by atoms with E-state index in [4.69, 9.17) is 0 Å². The maximum absolute atomic E-state index is 13.9. The molecule has 28 heavy (non-hydrogen) atoms. The lowest BCUT2D eigenvalue weighted by Crippen LogP contribution is -2.54. The van der Waals surface area contributed by atoms with E-state index >= 15 is 0 Å². The quantitative estimate of drug-likeness (QED) is 0.774. The van der Waals surface area contributed by atoms with Crippen molar-refractivity contribution in [3.05, 3.63) is 52.5 Å². The van der Waals surface area contributed by atoms with Crippen molar-refractivity contribution in [2.45, 2.75) is 23.4 Å². The van der Waals surface area contributed by atoms with Crippen molar-refractivity contribution in [1.29, 1.82) is 0 Å². The fourth-order valence-electron chi connectivity index (χ4n) is 3.56. The highest BCUT2D eigenvalue weighted by molar-refractivity contribution is 7.89. The molecule has 0 aliphatic carbocycles. The zero-order valence-corrected chi connectivity index (χ0v) is 16.7. The van der Waals surface area contributed by atoms with Crippen molar-refractivity contribution >= 4 is 27.3 Å². The zero-order valence-electron chi connectivity index (χ0n) is 15.0. The minimum absolute atomic E-state index is 0.0468. The molecule has 4 rings (SSSR count). The van der Waals surface area contributed by atoms with Crippen molar-refractivity contribution in [2.24, 2.45) is 0 Å². The molecule has 2 saturated heterocycles. The van der Waals surface area contributed by atoms with E-state index in [0.29, 0.717) is 6.42 Å². The topological polar surface area (TPSA) is 81.8 Å². The van der Waals surface area contributed by atoms with Crippen LogP contribution in [0.2, 0.25) is 0 Å². The van der Waals surface area contributed by atoms with Gasteiger partial charge in [0.15, 0.2) is 0 Å². The number of nitrogens with one attached hydrogen (secondary N) is 2. The van der Waals surface area contributed by atoms with E-state index in [0.717, 1.165) is 6.07 Å². The Balaban J connectivity index is 1.37. The summed E-state index contributed by atoms with van der Waals surface area (Å²) in [5.74, 6) is -0.809. The van der Waals surface area contributed by atoms with Gasteiger partial charge in [0.25, 0.3) is 0 Å². The van der Waals surface area contributed by atoms with Gasteiger partial charge in [-0.1, -0.05) is 18.2 Å². The Morgan fingerprint density at radius 2 is 1.82 bits per heavy atom. The molecule has 150 valence electrons. The molecule has 10 heteroatoms. The first-order valence-electron chi connectivity index (χ1n) is 9.05. The van der Waals surface area contributed by atoms with Crippen molar-refractivity contribution in [3.8, 4) is 0 Å². The minimum atomic E-state index is -3.91. The van der Waals surface area contributed by atoms with Gasteiger partial charge in [-0.3, -0.25) is 4.79 Å². The predicted molar refractivity (Wildman–Crippen MR) is 103 cm³/mol. The molecule has 2 aromatic rings. The molecule has 2 aliphatic heterocycles. The number of hydrogen-bond acceptors (Lipinski definition) is 6. The Bertz CT molecular complexity index is 944. The number of halogens is 1. The summed E-state index contributed by atoms with van der Waals surface area (Å²) >= 11 is 1.64. The number of hydrogen-bond donors (Lipinski definition) is 2. The number of amides is 1. The van der Waals surface area contributed by atoms with E-state index in [1.165, 1.54) is 27.4 Å². The van der Waals surface area contributed by atoms with Crippen LogP contribution in [0.25, 0.3) is 0 Å². The highest BCUT2D eigenvalue weighted by Gasteiger charge is 2.36. The smallest absolute Gasteiger partial charge is 0.246 e. The van der Waals surface area contributed by atoms with E-state index < -0.39 is 15.8 Å².